The standard InChI is InChI=1S/C15H17N3O3/c1-7-4-5-10-12(9(7)3)21-15(18-10)6-8(2)20-14(17)11(15)13(16)19/h4-6,18H,17H2,1-3H3,(H2,16,19)/t15-/m0/s1. The molecule has 0 saturated heterocycles. The molecule has 2 aliphatic heterocycles. The van der Waals surface area contributed by atoms with Crippen LogP contribution in [0.5, 0.6) is 5.75 Å². The van der Waals surface area contributed by atoms with E-state index in [4.69, 9.17) is 20.9 Å². The van der Waals surface area contributed by atoms with Crippen molar-refractivity contribution in [3.8, 4) is 5.75 Å². The van der Waals surface area contributed by atoms with E-state index in [0.717, 1.165) is 16.8 Å². The van der Waals surface area contributed by atoms with Crippen molar-refractivity contribution < 1.29 is 14.3 Å². The first kappa shape index (κ1) is 13.4. The van der Waals surface area contributed by atoms with Crippen LogP contribution in [0.4, 0.5) is 5.69 Å². The van der Waals surface area contributed by atoms with E-state index in [1.54, 1.807) is 13.0 Å². The summed E-state index contributed by atoms with van der Waals surface area (Å²) in [6, 6.07) is 3.89. The molecule has 110 valence electrons. The van der Waals surface area contributed by atoms with Crippen molar-refractivity contribution in [2.24, 2.45) is 11.5 Å². The Bertz CT molecular complexity index is 721. The number of anilines is 1. The number of fused-ring (bicyclic) bond motifs is 1. The molecule has 1 aromatic rings. The molecule has 3 rings (SSSR count). The largest absolute Gasteiger partial charge is 0.457 e. The number of nitrogens with one attached hydrogen (secondary N) is 1. The summed E-state index contributed by atoms with van der Waals surface area (Å²) in [7, 11) is 0. The summed E-state index contributed by atoms with van der Waals surface area (Å²) in [5.41, 5.74) is 13.0. The number of ether oxygens (including phenoxy) is 2. The number of carbonyl (C=O) groups excluding carboxylic acids is 1. The highest BCUT2D eigenvalue weighted by molar-refractivity contribution is 5.97. The van der Waals surface area contributed by atoms with Gasteiger partial charge in [-0.05, 0) is 38.0 Å². The number of hydrogen-bond donors (Lipinski definition) is 3. The summed E-state index contributed by atoms with van der Waals surface area (Å²) in [5, 5.41) is 3.19. The Balaban J connectivity index is 2.16. The van der Waals surface area contributed by atoms with Crippen LogP contribution >= 0.6 is 0 Å². The molecule has 0 radical (unpaired) electrons. The maximum Gasteiger partial charge on any atom is 0.256 e. The number of amides is 1. The first-order chi connectivity index (χ1) is 9.84. The van der Waals surface area contributed by atoms with Gasteiger partial charge in [0, 0.05) is 6.08 Å². The second-order valence-electron chi connectivity index (χ2n) is 5.31. The van der Waals surface area contributed by atoms with E-state index in [1.165, 1.54) is 0 Å². The predicted octanol–water partition coefficient (Wildman–Crippen LogP) is 1.39. The lowest BCUT2D eigenvalue weighted by Gasteiger charge is -2.31. The predicted molar refractivity (Wildman–Crippen MR) is 78.1 cm³/mol. The SMILES string of the molecule is CC1=C[C@@]2(Nc3ccc(C)c(C)c3O2)C(C(N)=O)=C(N)O1. The fourth-order valence-corrected chi connectivity index (χ4v) is 2.69. The topological polar surface area (TPSA) is 99.6 Å². The van der Waals surface area contributed by atoms with Gasteiger partial charge in [0.2, 0.25) is 11.6 Å². The van der Waals surface area contributed by atoms with Crippen LogP contribution in [0.1, 0.15) is 18.1 Å². The van der Waals surface area contributed by atoms with Gasteiger partial charge in [-0.3, -0.25) is 4.79 Å². The minimum Gasteiger partial charge on any atom is -0.457 e. The Labute approximate surface area is 122 Å². The van der Waals surface area contributed by atoms with Crippen molar-refractivity contribution in [2.45, 2.75) is 26.5 Å². The molecule has 2 aliphatic rings. The van der Waals surface area contributed by atoms with Gasteiger partial charge >= 0.3 is 0 Å². The molecule has 5 N–H and O–H groups in total. The average molecular weight is 287 g/mol. The number of nitrogens with two attached hydrogens (primary N) is 2. The smallest absolute Gasteiger partial charge is 0.256 e. The lowest BCUT2D eigenvalue weighted by molar-refractivity contribution is -0.116. The zero-order valence-electron chi connectivity index (χ0n) is 12.1. The van der Waals surface area contributed by atoms with Crippen molar-refractivity contribution in [1.82, 2.24) is 0 Å². The van der Waals surface area contributed by atoms with Gasteiger partial charge in [0.1, 0.15) is 17.1 Å². The number of rotatable bonds is 1. The zero-order valence-corrected chi connectivity index (χ0v) is 12.1. The molecule has 0 aromatic heterocycles. The number of carbonyl (C=O) groups is 1. The molecule has 1 amide bonds. The van der Waals surface area contributed by atoms with E-state index in [-0.39, 0.29) is 11.5 Å². The Morgan fingerprint density at radius 2 is 2.00 bits per heavy atom. The van der Waals surface area contributed by atoms with Gasteiger partial charge < -0.3 is 26.3 Å². The highest BCUT2D eigenvalue weighted by atomic mass is 16.5. The summed E-state index contributed by atoms with van der Waals surface area (Å²) < 4.78 is 11.4. The van der Waals surface area contributed by atoms with Crippen LogP contribution < -0.4 is 21.5 Å². The molecule has 0 saturated carbocycles. The monoisotopic (exact) mass is 287 g/mol. The van der Waals surface area contributed by atoms with Crippen LogP contribution in [-0.4, -0.2) is 11.6 Å². The molecule has 6 nitrogen and oxygen atoms in total. The average Bonchev–Trinajstić information content (AvgIpc) is 2.71. The van der Waals surface area contributed by atoms with Gasteiger partial charge in [0.15, 0.2) is 0 Å². The number of aryl methyl sites for hydroxylation is 1. The van der Waals surface area contributed by atoms with Crippen molar-refractivity contribution in [3.63, 3.8) is 0 Å². The van der Waals surface area contributed by atoms with Crippen LogP contribution in [0.25, 0.3) is 0 Å². The van der Waals surface area contributed by atoms with E-state index in [0.29, 0.717) is 11.5 Å². The van der Waals surface area contributed by atoms with Gasteiger partial charge in [0.05, 0.1) is 5.69 Å². The molecular weight excluding hydrogens is 270 g/mol. The molecule has 0 aliphatic carbocycles. The number of benzene rings is 1. The minimum absolute atomic E-state index is 0.0443. The van der Waals surface area contributed by atoms with Crippen molar-refractivity contribution in [1.29, 1.82) is 0 Å². The second-order valence-corrected chi connectivity index (χ2v) is 5.31. The highest BCUT2D eigenvalue weighted by Crippen LogP contribution is 2.45. The lowest BCUT2D eigenvalue weighted by atomic mass is 9.99. The molecule has 2 heterocycles. The molecule has 1 aromatic carbocycles. The first-order valence-corrected chi connectivity index (χ1v) is 6.59. The molecule has 0 bridgehead atoms. The summed E-state index contributed by atoms with van der Waals surface area (Å²) >= 11 is 0. The van der Waals surface area contributed by atoms with E-state index >= 15 is 0 Å². The van der Waals surface area contributed by atoms with Crippen LogP contribution in [0.15, 0.2) is 35.4 Å². The normalized spacial score (nSPS) is 23.1. The molecule has 1 spiro atoms. The maximum atomic E-state index is 11.8. The Kier molecular flexibility index (Phi) is 2.66. The number of allylic oxidation sites excluding steroid dienone is 1. The van der Waals surface area contributed by atoms with Crippen LogP contribution in [-0.2, 0) is 9.53 Å². The lowest BCUT2D eigenvalue weighted by Crippen LogP contribution is -2.48. The van der Waals surface area contributed by atoms with Gasteiger partial charge in [-0.1, -0.05) is 6.07 Å². The highest BCUT2D eigenvalue weighted by Gasteiger charge is 2.48. The Hall–Kier alpha value is -2.63. The zero-order chi connectivity index (χ0) is 15.4. The van der Waals surface area contributed by atoms with E-state index < -0.39 is 11.6 Å². The minimum atomic E-state index is -1.21. The molecular formula is C15H17N3O3. The molecule has 21 heavy (non-hydrogen) atoms. The quantitative estimate of drug-likeness (QED) is 0.725. The third kappa shape index (κ3) is 1.83. The van der Waals surface area contributed by atoms with Crippen LogP contribution in [0, 0.1) is 13.8 Å². The van der Waals surface area contributed by atoms with Gasteiger partial charge in [0.25, 0.3) is 5.91 Å². The summed E-state index contributed by atoms with van der Waals surface area (Å²) in [5.74, 6) is 0.489. The van der Waals surface area contributed by atoms with Crippen molar-refractivity contribution >= 4 is 11.6 Å². The van der Waals surface area contributed by atoms with Crippen LogP contribution in [0.2, 0.25) is 0 Å². The van der Waals surface area contributed by atoms with E-state index in [9.17, 15) is 4.79 Å². The van der Waals surface area contributed by atoms with E-state index in [1.807, 2.05) is 26.0 Å². The maximum absolute atomic E-state index is 11.8. The van der Waals surface area contributed by atoms with Gasteiger partial charge in [-0.15, -0.1) is 0 Å². The molecule has 1 atom stereocenters. The van der Waals surface area contributed by atoms with Crippen molar-refractivity contribution in [2.75, 3.05) is 5.32 Å². The second kappa shape index (κ2) is 4.18. The first-order valence-electron chi connectivity index (χ1n) is 6.59. The summed E-state index contributed by atoms with van der Waals surface area (Å²) in [6.07, 6.45) is 1.66. The Morgan fingerprint density at radius 3 is 2.67 bits per heavy atom. The fraction of sp³-hybridized carbons (Fsp3) is 0.267. The number of primary amides is 1. The van der Waals surface area contributed by atoms with Gasteiger partial charge in [-0.2, -0.15) is 0 Å². The number of hydrogen-bond acceptors (Lipinski definition) is 5. The Morgan fingerprint density at radius 1 is 1.29 bits per heavy atom. The molecule has 6 heteroatoms. The third-order valence-electron chi connectivity index (χ3n) is 3.80. The third-order valence-corrected chi connectivity index (χ3v) is 3.80. The van der Waals surface area contributed by atoms with Gasteiger partial charge in [-0.25, -0.2) is 0 Å². The molecule has 0 fully saturated rings. The van der Waals surface area contributed by atoms with E-state index in [2.05, 4.69) is 5.32 Å². The van der Waals surface area contributed by atoms with Crippen LogP contribution in [0.3, 0.4) is 0 Å². The molecule has 0 unspecified atom stereocenters. The summed E-state index contributed by atoms with van der Waals surface area (Å²) in [4.78, 5) is 11.8. The fourth-order valence-electron chi connectivity index (χ4n) is 2.69. The van der Waals surface area contributed by atoms with Crippen molar-refractivity contribution in [3.05, 3.63) is 46.6 Å². The summed E-state index contributed by atoms with van der Waals surface area (Å²) in [6.45, 7) is 5.69.